The van der Waals surface area contributed by atoms with Crippen molar-refractivity contribution in [3.05, 3.63) is 81.6 Å². The van der Waals surface area contributed by atoms with E-state index >= 15 is 0 Å². The lowest BCUT2D eigenvalue weighted by molar-refractivity contribution is -0.292. The predicted octanol–water partition coefficient (Wildman–Crippen LogP) is 6.28. The average Bonchev–Trinajstić information content (AvgIpc) is 3.49. The molecule has 39 heavy (non-hydrogen) atoms. The molecule has 0 radical (unpaired) electrons. The van der Waals surface area contributed by atoms with Gasteiger partial charge in [0.25, 0.3) is 11.8 Å². The first kappa shape index (κ1) is 28.3. The molecule has 208 valence electrons. The lowest BCUT2D eigenvalue weighted by Crippen LogP contribution is -2.36. The summed E-state index contributed by atoms with van der Waals surface area (Å²) in [4.78, 5) is 25.5. The van der Waals surface area contributed by atoms with Crippen molar-refractivity contribution in [1.29, 1.82) is 0 Å². The first-order valence-electron chi connectivity index (χ1n) is 11.1. The van der Waals surface area contributed by atoms with E-state index < -0.39 is 47.0 Å². The molecular weight excluding hydrogens is 564 g/mol. The third-order valence-electron chi connectivity index (χ3n) is 6.00. The number of hydrogen-bond donors (Lipinski definition) is 2. The number of carbonyl (C=O) groups excluding carboxylic acids is 2. The molecule has 0 aliphatic heterocycles. The van der Waals surface area contributed by atoms with E-state index in [1.165, 1.54) is 0 Å². The third kappa shape index (κ3) is 5.56. The second kappa shape index (κ2) is 9.81. The summed E-state index contributed by atoms with van der Waals surface area (Å²) in [6, 6.07) is 12.4. The number of benzene rings is 2. The van der Waals surface area contributed by atoms with Crippen molar-refractivity contribution in [2.75, 3.05) is 5.32 Å². The maximum atomic E-state index is 13.9. The van der Waals surface area contributed by atoms with Gasteiger partial charge in [0, 0.05) is 24.7 Å². The highest BCUT2D eigenvalue weighted by molar-refractivity contribution is 6.34. The van der Waals surface area contributed by atoms with Crippen molar-refractivity contribution in [2.45, 2.75) is 36.7 Å². The van der Waals surface area contributed by atoms with E-state index in [1.54, 1.807) is 0 Å². The summed E-state index contributed by atoms with van der Waals surface area (Å²) in [5, 5.41) is 7.36. The van der Waals surface area contributed by atoms with Crippen LogP contribution in [0.2, 0.25) is 5.02 Å². The molecule has 1 heterocycles. The Balaban J connectivity index is 1.59. The van der Waals surface area contributed by atoms with Gasteiger partial charge in [-0.25, -0.2) is 0 Å². The van der Waals surface area contributed by atoms with E-state index in [-0.39, 0.29) is 32.9 Å². The van der Waals surface area contributed by atoms with Gasteiger partial charge in [-0.15, -0.1) is 0 Å². The normalized spacial score (nSPS) is 17.6. The first-order chi connectivity index (χ1) is 18.0. The minimum Gasteiger partial charge on any atom is -0.349 e. The highest BCUT2D eigenvalue weighted by atomic mass is 35.5. The standard InChI is InChI=1S/C24H17ClF8N4O2/c1-37-18(17(23(28,29)30)19(36-37)22(26,27)24(31,32)33)21(39)34-12-7-8-15(25)14(9-12)20(38)35-16-10-13(16)11-5-3-2-4-6-11/h2-9,13,16H,10H2,1H3,(H,34,39)(H,35,38). The summed E-state index contributed by atoms with van der Waals surface area (Å²) in [6.07, 6.45) is -11.6. The van der Waals surface area contributed by atoms with E-state index in [0.29, 0.717) is 13.5 Å². The van der Waals surface area contributed by atoms with E-state index in [1.807, 2.05) is 35.6 Å². The molecule has 0 saturated heterocycles. The Morgan fingerprint density at radius 3 is 2.21 bits per heavy atom. The summed E-state index contributed by atoms with van der Waals surface area (Å²) in [6.45, 7) is 0. The van der Waals surface area contributed by atoms with Gasteiger partial charge in [0.15, 0.2) is 5.69 Å². The molecule has 6 nitrogen and oxygen atoms in total. The van der Waals surface area contributed by atoms with Gasteiger partial charge in [-0.2, -0.15) is 40.2 Å². The molecule has 15 heteroatoms. The summed E-state index contributed by atoms with van der Waals surface area (Å²) >= 11 is 6.08. The highest BCUT2D eigenvalue weighted by Crippen LogP contribution is 2.48. The van der Waals surface area contributed by atoms with Crippen LogP contribution in [-0.2, 0) is 19.1 Å². The molecule has 0 spiro atoms. The van der Waals surface area contributed by atoms with Gasteiger partial charge in [0.2, 0.25) is 0 Å². The van der Waals surface area contributed by atoms with Crippen LogP contribution in [0.15, 0.2) is 48.5 Å². The first-order valence-corrected chi connectivity index (χ1v) is 11.5. The van der Waals surface area contributed by atoms with Crippen LogP contribution < -0.4 is 10.6 Å². The van der Waals surface area contributed by atoms with Crippen molar-refractivity contribution in [1.82, 2.24) is 15.1 Å². The van der Waals surface area contributed by atoms with Crippen LogP contribution in [-0.4, -0.2) is 33.8 Å². The number of alkyl halides is 8. The zero-order chi connectivity index (χ0) is 28.9. The van der Waals surface area contributed by atoms with Gasteiger partial charge in [-0.3, -0.25) is 14.3 Å². The Morgan fingerprint density at radius 1 is 0.974 bits per heavy atom. The number of aryl methyl sites for hydroxylation is 1. The van der Waals surface area contributed by atoms with Crippen molar-refractivity contribution in [3.8, 4) is 0 Å². The lowest BCUT2D eigenvalue weighted by Gasteiger charge is -2.19. The van der Waals surface area contributed by atoms with Crippen molar-refractivity contribution in [2.24, 2.45) is 7.05 Å². The number of carbonyl (C=O) groups is 2. The van der Waals surface area contributed by atoms with E-state index in [4.69, 9.17) is 11.6 Å². The fraction of sp³-hybridized carbons (Fsp3) is 0.292. The monoisotopic (exact) mass is 580 g/mol. The molecular formula is C24H17ClF8N4O2. The lowest BCUT2D eigenvalue weighted by atomic mass is 10.1. The molecule has 2 atom stereocenters. The number of nitrogens with zero attached hydrogens (tertiary/aromatic N) is 2. The van der Waals surface area contributed by atoms with Crippen LogP contribution in [0, 0.1) is 0 Å². The fourth-order valence-electron chi connectivity index (χ4n) is 4.04. The number of halogens is 9. The molecule has 0 bridgehead atoms. The maximum Gasteiger partial charge on any atom is 0.459 e. The van der Waals surface area contributed by atoms with Crippen molar-refractivity contribution >= 4 is 29.1 Å². The molecule has 1 aromatic heterocycles. The van der Waals surface area contributed by atoms with Gasteiger partial charge in [0.1, 0.15) is 11.3 Å². The van der Waals surface area contributed by atoms with E-state index in [2.05, 4.69) is 10.4 Å². The molecule has 1 fully saturated rings. The molecule has 2 N–H and O–H groups in total. The zero-order valence-electron chi connectivity index (χ0n) is 19.6. The van der Waals surface area contributed by atoms with Crippen LogP contribution in [0.4, 0.5) is 40.8 Å². The molecule has 4 rings (SSSR count). The van der Waals surface area contributed by atoms with Gasteiger partial charge >= 0.3 is 18.3 Å². The van der Waals surface area contributed by atoms with Gasteiger partial charge in [-0.1, -0.05) is 41.9 Å². The van der Waals surface area contributed by atoms with Gasteiger partial charge < -0.3 is 10.6 Å². The Labute approximate surface area is 219 Å². The van der Waals surface area contributed by atoms with Crippen LogP contribution in [0.25, 0.3) is 0 Å². The van der Waals surface area contributed by atoms with Crippen LogP contribution in [0.1, 0.15) is 50.0 Å². The van der Waals surface area contributed by atoms with E-state index in [9.17, 15) is 44.7 Å². The summed E-state index contributed by atoms with van der Waals surface area (Å²) in [5.74, 6) is -8.28. The molecule has 2 unspecified atom stereocenters. The molecule has 2 aromatic carbocycles. The molecule has 1 aliphatic carbocycles. The second-order valence-corrected chi connectivity index (χ2v) is 9.15. The minimum atomic E-state index is -6.41. The predicted molar refractivity (Wildman–Crippen MR) is 123 cm³/mol. The number of amides is 2. The van der Waals surface area contributed by atoms with Gasteiger partial charge in [0.05, 0.1) is 10.6 Å². The number of rotatable bonds is 6. The number of anilines is 1. The topological polar surface area (TPSA) is 76.0 Å². The Morgan fingerprint density at radius 2 is 1.62 bits per heavy atom. The largest absolute Gasteiger partial charge is 0.459 e. The highest BCUT2D eigenvalue weighted by Gasteiger charge is 2.64. The second-order valence-electron chi connectivity index (χ2n) is 8.75. The summed E-state index contributed by atoms with van der Waals surface area (Å²) in [7, 11) is 0.611. The van der Waals surface area contributed by atoms with Crippen LogP contribution in [0.3, 0.4) is 0 Å². The molecule has 2 amide bonds. The van der Waals surface area contributed by atoms with E-state index in [0.717, 1.165) is 23.8 Å². The maximum absolute atomic E-state index is 13.9. The van der Waals surface area contributed by atoms with Gasteiger partial charge in [-0.05, 0) is 30.2 Å². The number of hydrogen-bond acceptors (Lipinski definition) is 3. The Bertz CT molecular complexity index is 1420. The van der Waals surface area contributed by atoms with Crippen molar-refractivity contribution < 1.29 is 44.7 Å². The van der Waals surface area contributed by atoms with Crippen molar-refractivity contribution in [3.63, 3.8) is 0 Å². The Kier molecular flexibility index (Phi) is 7.13. The molecule has 1 aliphatic rings. The molecule has 1 saturated carbocycles. The SMILES string of the molecule is Cn1nc(C(F)(F)C(F)(F)F)c(C(F)(F)F)c1C(=O)Nc1ccc(Cl)c(C(=O)NC2CC2c2ccccc2)c1. The minimum absolute atomic E-state index is 0.0203. The summed E-state index contributed by atoms with van der Waals surface area (Å²) < 4.78 is 107. The fourth-order valence-corrected chi connectivity index (χ4v) is 4.25. The van der Waals surface area contributed by atoms with Crippen LogP contribution in [0.5, 0.6) is 0 Å². The number of aromatic nitrogens is 2. The number of nitrogens with one attached hydrogen (secondary N) is 2. The third-order valence-corrected chi connectivity index (χ3v) is 6.33. The Hall–Kier alpha value is -3.68. The molecule has 3 aromatic rings. The van der Waals surface area contributed by atoms with Crippen LogP contribution >= 0.6 is 11.6 Å². The quantitative estimate of drug-likeness (QED) is 0.337. The average molecular weight is 581 g/mol. The summed E-state index contributed by atoms with van der Waals surface area (Å²) in [5.41, 5.74) is -6.23. The zero-order valence-corrected chi connectivity index (χ0v) is 20.3. The smallest absolute Gasteiger partial charge is 0.349 e.